The lowest BCUT2D eigenvalue weighted by Gasteiger charge is -2.22. The number of fused-ring (bicyclic) bond motifs is 1. The first-order valence-electron chi connectivity index (χ1n) is 5.78. The Balaban J connectivity index is 1.88. The van der Waals surface area contributed by atoms with Gasteiger partial charge in [-0.05, 0) is 37.3 Å². The van der Waals surface area contributed by atoms with Gasteiger partial charge in [-0.25, -0.2) is 9.97 Å². The molecule has 2 aromatic heterocycles. The molecule has 3 nitrogen and oxygen atoms in total. The largest absolute Gasteiger partial charge is 0.473 e. The summed E-state index contributed by atoms with van der Waals surface area (Å²) in [6.45, 7) is 2.09. The van der Waals surface area contributed by atoms with E-state index in [9.17, 15) is 0 Å². The average Bonchev–Trinajstić information content (AvgIpc) is 2.72. The Morgan fingerprint density at radius 2 is 2.12 bits per heavy atom. The van der Waals surface area contributed by atoms with Gasteiger partial charge in [0.15, 0.2) is 0 Å². The second-order valence-electron chi connectivity index (χ2n) is 4.18. The maximum atomic E-state index is 6.03. The fraction of sp³-hybridized carbons (Fsp3) is 0.500. The van der Waals surface area contributed by atoms with E-state index in [1.54, 1.807) is 17.7 Å². The molecule has 0 bridgehead atoms. The molecular formula is C12H14N2OS2. The van der Waals surface area contributed by atoms with Gasteiger partial charge >= 0.3 is 0 Å². The lowest BCUT2D eigenvalue weighted by Crippen LogP contribution is -2.22. The molecule has 17 heavy (non-hydrogen) atoms. The normalized spacial score (nSPS) is 17.5. The van der Waals surface area contributed by atoms with Crippen molar-refractivity contribution in [3.63, 3.8) is 0 Å². The smallest absolute Gasteiger partial charge is 0.235 e. The van der Waals surface area contributed by atoms with Gasteiger partial charge in [-0.3, -0.25) is 0 Å². The van der Waals surface area contributed by atoms with Crippen LogP contribution in [0.2, 0.25) is 0 Å². The molecule has 0 N–H and O–H groups in total. The molecule has 0 unspecified atom stereocenters. The summed E-state index contributed by atoms with van der Waals surface area (Å²) in [4.78, 5) is 9.81. The minimum Gasteiger partial charge on any atom is -0.473 e. The van der Waals surface area contributed by atoms with Crippen molar-refractivity contribution in [2.75, 3.05) is 11.5 Å². The fourth-order valence-corrected chi connectivity index (χ4v) is 3.95. The summed E-state index contributed by atoms with van der Waals surface area (Å²) in [6.07, 6.45) is 4.18. The highest BCUT2D eigenvalue weighted by Gasteiger charge is 2.17. The maximum Gasteiger partial charge on any atom is 0.235 e. The molecule has 5 heteroatoms. The van der Waals surface area contributed by atoms with Crippen molar-refractivity contribution in [3.8, 4) is 5.88 Å². The first-order valence-corrected chi connectivity index (χ1v) is 7.75. The summed E-state index contributed by atoms with van der Waals surface area (Å²) in [5.41, 5.74) is 1.00. The minimum absolute atomic E-state index is 0.330. The Bertz CT molecular complexity index is 520. The van der Waals surface area contributed by atoms with Gasteiger partial charge in [-0.15, -0.1) is 11.3 Å². The molecule has 0 saturated carbocycles. The van der Waals surface area contributed by atoms with Crippen LogP contribution >= 0.6 is 23.1 Å². The summed E-state index contributed by atoms with van der Waals surface area (Å²) < 4.78 is 7.11. The summed E-state index contributed by atoms with van der Waals surface area (Å²) >= 11 is 3.72. The average molecular weight is 266 g/mol. The van der Waals surface area contributed by atoms with Gasteiger partial charge in [0, 0.05) is 4.88 Å². The van der Waals surface area contributed by atoms with Crippen LogP contribution in [0.3, 0.4) is 0 Å². The van der Waals surface area contributed by atoms with E-state index < -0.39 is 0 Å². The molecule has 0 amide bonds. The standard InChI is InChI=1S/C12H14N2OS2/c1-8-6-10-11(17-8)12(14-7-13-10)15-9-2-4-16-5-3-9/h6-7,9H,2-5H2,1H3. The summed E-state index contributed by atoms with van der Waals surface area (Å²) in [5, 5.41) is 0. The van der Waals surface area contributed by atoms with Crippen molar-refractivity contribution in [1.29, 1.82) is 0 Å². The Kier molecular flexibility index (Phi) is 3.20. The number of hydrogen-bond donors (Lipinski definition) is 0. The van der Waals surface area contributed by atoms with Gasteiger partial charge in [-0.1, -0.05) is 0 Å². The van der Waals surface area contributed by atoms with Crippen molar-refractivity contribution in [1.82, 2.24) is 9.97 Å². The number of thiophene rings is 1. The molecule has 1 saturated heterocycles. The van der Waals surface area contributed by atoms with Crippen molar-refractivity contribution in [3.05, 3.63) is 17.3 Å². The molecule has 0 atom stereocenters. The van der Waals surface area contributed by atoms with Crippen LogP contribution < -0.4 is 4.74 Å². The molecule has 1 aliphatic heterocycles. The zero-order chi connectivity index (χ0) is 11.7. The van der Waals surface area contributed by atoms with E-state index in [0.29, 0.717) is 6.10 Å². The number of aromatic nitrogens is 2. The van der Waals surface area contributed by atoms with Gasteiger partial charge in [0.05, 0.1) is 5.52 Å². The SMILES string of the molecule is Cc1cc2ncnc(OC3CCSCC3)c2s1. The van der Waals surface area contributed by atoms with Gasteiger partial charge in [0.25, 0.3) is 0 Å². The van der Waals surface area contributed by atoms with Gasteiger partial charge < -0.3 is 4.74 Å². The summed E-state index contributed by atoms with van der Waals surface area (Å²) in [7, 11) is 0. The molecule has 2 aromatic rings. The van der Waals surface area contributed by atoms with Crippen LogP contribution in [0.4, 0.5) is 0 Å². The molecule has 90 valence electrons. The van der Waals surface area contributed by atoms with E-state index in [0.717, 1.165) is 28.9 Å². The summed E-state index contributed by atoms with van der Waals surface area (Å²) in [6, 6.07) is 2.09. The third-order valence-electron chi connectivity index (χ3n) is 2.85. The Hall–Kier alpha value is -0.810. The molecule has 0 radical (unpaired) electrons. The third kappa shape index (κ3) is 2.40. The Morgan fingerprint density at radius 3 is 2.94 bits per heavy atom. The molecule has 0 aromatic carbocycles. The summed E-state index contributed by atoms with van der Waals surface area (Å²) in [5.74, 6) is 3.16. The molecule has 1 aliphatic rings. The van der Waals surface area contributed by atoms with Crippen LogP contribution in [-0.2, 0) is 0 Å². The van der Waals surface area contributed by atoms with E-state index >= 15 is 0 Å². The Labute approximate surface area is 109 Å². The van der Waals surface area contributed by atoms with E-state index in [1.807, 2.05) is 11.8 Å². The molecule has 3 rings (SSSR count). The molecule has 0 aliphatic carbocycles. The predicted octanol–water partition coefficient (Wildman–Crippen LogP) is 3.27. The molecule has 1 fully saturated rings. The lowest BCUT2D eigenvalue weighted by atomic mass is 10.2. The van der Waals surface area contributed by atoms with Crippen LogP contribution in [0.5, 0.6) is 5.88 Å². The van der Waals surface area contributed by atoms with E-state index in [4.69, 9.17) is 4.74 Å². The van der Waals surface area contributed by atoms with Crippen LogP contribution in [0.25, 0.3) is 10.2 Å². The third-order valence-corrected chi connectivity index (χ3v) is 4.92. The Morgan fingerprint density at radius 1 is 1.29 bits per heavy atom. The number of ether oxygens (including phenoxy) is 1. The molecule has 0 spiro atoms. The fourth-order valence-electron chi connectivity index (χ4n) is 1.99. The zero-order valence-electron chi connectivity index (χ0n) is 9.68. The zero-order valence-corrected chi connectivity index (χ0v) is 11.3. The monoisotopic (exact) mass is 266 g/mol. The number of rotatable bonds is 2. The van der Waals surface area contributed by atoms with Crippen molar-refractivity contribution in [2.45, 2.75) is 25.9 Å². The van der Waals surface area contributed by atoms with Crippen molar-refractivity contribution < 1.29 is 4.74 Å². The number of aryl methyl sites for hydroxylation is 1. The van der Waals surface area contributed by atoms with Crippen LogP contribution in [0, 0.1) is 6.92 Å². The highest BCUT2D eigenvalue weighted by molar-refractivity contribution is 7.99. The number of nitrogens with zero attached hydrogens (tertiary/aromatic N) is 2. The van der Waals surface area contributed by atoms with Gasteiger partial charge in [0.1, 0.15) is 17.1 Å². The number of hydrogen-bond acceptors (Lipinski definition) is 5. The molecule has 3 heterocycles. The van der Waals surface area contributed by atoms with Crippen molar-refractivity contribution >= 4 is 33.3 Å². The maximum absolute atomic E-state index is 6.03. The number of thioether (sulfide) groups is 1. The van der Waals surface area contributed by atoms with Crippen molar-refractivity contribution in [2.24, 2.45) is 0 Å². The van der Waals surface area contributed by atoms with Crippen LogP contribution in [-0.4, -0.2) is 27.6 Å². The second-order valence-corrected chi connectivity index (χ2v) is 6.66. The lowest BCUT2D eigenvalue weighted by molar-refractivity contribution is 0.187. The van der Waals surface area contributed by atoms with E-state index in [2.05, 4.69) is 23.0 Å². The quantitative estimate of drug-likeness (QED) is 0.835. The highest BCUT2D eigenvalue weighted by Crippen LogP contribution is 2.32. The van der Waals surface area contributed by atoms with Crippen LogP contribution in [0.1, 0.15) is 17.7 Å². The predicted molar refractivity (Wildman–Crippen MR) is 73.1 cm³/mol. The van der Waals surface area contributed by atoms with Gasteiger partial charge in [0.2, 0.25) is 5.88 Å². The van der Waals surface area contributed by atoms with Crippen LogP contribution in [0.15, 0.2) is 12.4 Å². The van der Waals surface area contributed by atoms with E-state index in [1.165, 1.54) is 16.4 Å². The minimum atomic E-state index is 0.330. The topological polar surface area (TPSA) is 35.0 Å². The first kappa shape index (κ1) is 11.3. The molecular weight excluding hydrogens is 252 g/mol. The second kappa shape index (κ2) is 4.82. The van der Waals surface area contributed by atoms with E-state index in [-0.39, 0.29) is 0 Å². The van der Waals surface area contributed by atoms with Gasteiger partial charge in [-0.2, -0.15) is 11.8 Å². The highest BCUT2D eigenvalue weighted by atomic mass is 32.2. The first-order chi connectivity index (χ1) is 8.33.